The van der Waals surface area contributed by atoms with Gasteiger partial charge in [-0.2, -0.15) is 0 Å². The van der Waals surface area contributed by atoms with Crippen molar-refractivity contribution in [1.29, 1.82) is 0 Å². The Hall–Kier alpha value is -3.21. The number of benzene rings is 2. The van der Waals surface area contributed by atoms with Crippen molar-refractivity contribution in [3.8, 4) is 0 Å². The van der Waals surface area contributed by atoms with Crippen LogP contribution < -0.4 is 0 Å². The fraction of sp³-hybridized carbons (Fsp3) is 0.0556. The molecular formula is C18H12O5. The molecule has 0 aliphatic carbocycles. The Morgan fingerprint density at radius 2 is 1.83 bits per heavy atom. The molecule has 5 heteroatoms. The van der Waals surface area contributed by atoms with Gasteiger partial charge in [0.2, 0.25) is 0 Å². The van der Waals surface area contributed by atoms with Crippen LogP contribution in [-0.2, 0) is 11.2 Å². The zero-order valence-electron chi connectivity index (χ0n) is 12.0. The van der Waals surface area contributed by atoms with Crippen molar-refractivity contribution in [3.63, 3.8) is 0 Å². The smallest absolute Gasteiger partial charge is 0.347 e. The number of carbonyl (C=O) groups excluding carboxylic acids is 2. The molecule has 2 aromatic carbocycles. The van der Waals surface area contributed by atoms with Crippen LogP contribution >= 0.6 is 0 Å². The summed E-state index contributed by atoms with van der Waals surface area (Å²) in [4.78, 5) is 34.8. The zero-order valence-corrected chi connectivity index (χ0v) is 12.0. The van der Waals surface area contributed by atoms with Crippen molar-refractivity contribution in [3.05, 3.63) is 76.4 Å². The largest absolute Gasteiger partial charge is 0.478 e. The first-order valence-corrected chi connectivity index (χ1v) is 6.87. The van der Waals surface area contributed by atoms with Gasteiger partial charge in [-0.15, -0.1) is 0 Å². The van der Waals surface area contributed by atoms with Crippen LogP contribution in [0.4, 0.5) is 0 Å². The van der Waals surface area contributed by atoms with Crippen LogP contribution in [0.25, 0.3) is 6.08 Å². The molecule has 0 amide bonds. The second kappa shape index (κ2) is 5.53. The fourth-order valence-electron chi connectivity index (χ4n) is 2.55. The lowest BCUT2D eigenvalue weighted by Crippen LogP contribution is -2.06. The number of rotatable bonds is 4. The predicted molar refractivity (Wildman–Crippen MR) is 82.5 cm³/mol. The summed E-state index contributed by atoms with van der Waals surface area (Å²) < 4.78 is 4.60. The average Bonchev–Trinajstić information content (AvgIpc) is 2.83. The number of carboxylic acids is 1. The maximum absolute atomic E-state index is 11.9. The monoisotopic (exact) mass is 308 g/mol. The molecular weight excluding hydrogens is 296 g/mol. The van der Waals surface area contributed by atoms with E-state index in [-0.39, 0.29) is 16.7 Å². The third kappa shape index (κ3) is 2.64. The Morgan fingerprint density at radius 3 is 2.43 bits per heavy atom. The molecule has 1 heterocycles. The molecule has 0 saturated carbocycles. The highest BCUT2D eigenvalue weighted by atomic mass is 16.6. The van der Waals surface area contributed by atoms with Gasteiger partial charge in [0.1, 0.15) is 0 Å². The Bertz CT molecular complexity index is 846. The molecule has 0 radical (unpaired) electrons. The molecule has 0 spiro atoms. The lowest BCUT2D eigenvalue weighted by molar-refractivity contribution is 0.0443. The predicted octanol–water partition coefficient (Wildman–Crippen LogP) is 2.93. The summed E-state index contributed by atoms with van der Waals surface area (Å²) in [6, 6.07) is 10.0. The molecule has 2 aromatic rings. The van der Waals surface area contributed by atoms with Gasteiger partial charge in [0.05, 0.1) is 16.7 Å². The third-order valence-electron chi connectivity index (χ3n) is 3.69. The van der Waals surface area contributed by atoms with Crippen LogP contribution in [0.5, 0.6) is 0 Å². The molecule has 0 unspecified atom stereocenters. The topological polar surface area (TPSA) is 80.7 Å². The quantitative estimate of drug-likeness (QED) is 0.694. The lowest BCUT2D eigenvalue weighted by Gasteiger charge is -2.08. The first kappa shape index (κ1) is 14.7. The van der Waals surface area contributed by atoms with Gasteiger partial charge in [-0.25, -0.2) is 14.4 Å². The van der Waals surface area contributed by atoms with Gasteiger partial charge < -0.3 is 9.84 Å². The van der Waals surface area contributed by atoms with E-state index in [2.05, 4.69) is 11.3 Å². The summed E-state index contributed by atoms with van der Waals surface area (Å²) in [5.74, 6) is -2.71. The molecule has 0 bridgehead atoms. The minimum Gasteiger partial charge on any atom is -0.478 e. The summed E-state index contributed by atoms with van der Waals surface area (Å²) >= 11 is 0. The molecule has 0 fully saturated rings. The van der Waals surface area contributed by atoms with Gasteiger partial charge in [0.25, 0.3) is 0 Å². The molecule has 5 nitrogen and oxygen atoms in total. The minimum absolute atomic E-state index is 0.00705. The van der Waals surface area contributed by atoms with Crippen molar-refractivity contribution < 1.29 is 24.2 Å². The number of hydrogen-bond acceptors (Lipinski definition) is 4. The molecule has 114 valence electrons. The summed E-state index contributed by atoms with van der Waals surface area (Å²) in [5, 5.41) is 9.18. The van der Waals surface area contributed by atoms with E-state index in [1.165, 1.54) is 12.1 Å². The maximum atomic E-state index is 11.9. The average molecular weight is 308 g/mol. The summed E-state index contributed by atoms with van der Waals surface area (Å²) in [6.07, 6.45) is 2.03. The molecule has 0 saturated heterocycles. The number of ether oxygens (including phenoxy) is 1. The Morgan fingerprint density at radius 1 is 1.13 bits per heavy atom. The first-order valence-electron chi connectivity index (χ1n) is 6.87. The second-order valence-corrected chi connectivity index (χ2v) is 5.16. The minimum atomic E-state index is -1.16. The van der Waals surface area contributed by atoms with Gasteiger partial charge in [-0.3, -0.25) is 0 Å². The summed E-state index contributed by atoms with van der Waals surface area (Å²) in [6.45, 7) is 3.68. The molecule has 0 atom stereocenters. The lowest BCUT2D eigenvalue weighted by atomic mass is 9.94. The molecule has 0 aromatic heterocycles. The summed E-state index contributed by atoms with van der Waals surface area (Å²) in [7, 11) is 0. The third-order valence-corrected chi connectivity index (χ3v) is 3.69. The Kier molecular flexibility index (Phi) is 3.54. The Balaban J connectivity index is 2.08. The van der Waals surface area contributed by atoms with Gasteiger partial charge in [0, 0.05) is 0 Å². The number of carbonyl (C=O) groups is 3. The number of esters is 2. The van der Waals surface area contributed by atoms with Gasteiger partial charge >= 0.3 is 17.9 Å². The summed E-state index contributed by atoms with van der Waals surface area (Å²) in [5.41, 5.74) is 2.40. The van der Waals surface area contributed by atoms with Gasteiger partial charge in [0.15, 0.2) is 0 Å². The number of cyclic esters (lactones) is 2. The maximum Gasteiger partial charge on any atom is 0.347 e. The van der Waals surface area contributed by atoms with Crippen molar-refractivity contribution >= 4 is 24.0 Å². The fourth-order valence-corrected chi connectivity index (χ4v) is 2.55. The SMILES string of the molecule is C=Cc1ccc(Cc2cc(C(=O)O)cc3c2C(=O)OC3=O)cc1. The number of hydrogen-bond donors (Lipinski definition) is 1. The molecule has 1 N–H and O–H groups in total. The number of aromatic carboxylic acids is 1. The van der Waals surface area contributed by atoms with E-state index in [4.69, 9.17) is 0 Å². The normalized spacial score (nSPS) is 12.7. The van der Waals surface area contributed by atoms with E-state index in [0.717, 1.165) is 11.1 Å². The zero-order chi connectivity index (χ0) is 16.6. The molecule has 23 heavy (non-hydrogen) atoms. The highest BCUT2D eigenvalue weighted by molar-refractivity contribution is 6.16. The Labute approximate surface area is 131 Å². The standard InChI is InChI=1S/C18H12O5/c1-2-10-3-5-11(6-4-10)7-12-8-13(16(19)20)9-14-15(12)18(22)23-17(14)21/h2-6,8-9H,1,7H2,(H,19,20). The van der Waals surface area contributed by atoms with Crippen molar-refractivity contribution in [2.75, 3.05) is 0 Å². The van der Waals surface area contributed by atoms with E-state index < -0.39 is 17.9 Å². The van der Waals surface area contributed by atoms with Crippen molar-refractivity contribution in [2.24, 2.45) is 0 Å². The van der Waals surface area contributed by atoms with Crippen molar-refractivity contribution in [2.45, 2.75) is 6.42 Å². The van der Waals surface area contributed by atoms with Crippen molar-refractivity contribution in [1.82, 2.24) is 0 Å². The van der Waals surface area contributed by atoms with Crippen LogP contribution in [-0.4, -0.2) is 23.0 Å². The van der Waals surface area contributed by atoms with E-state index in [1.807, 2.05) is 24.3 Å². The van der Waals surface area contributed by atoms with Crippen LogP contribution in [0.3, 0.4) is 0 Å². The van der Waals surface area contributed by atoms with E-state index >= 15 is 0 Å². The van der Waals surface area contributed by atoms with Crippen LogP contribution in [0, 0.1) is 0 Å². The first-order chi connectivity index (χ1) is 11.0. The van der Waals surface area contributed by atoms with Crippen LogP contribution in [0.15, 0.2) is 43.0 Å². The second-order valence-electron chi connectivity index (χ2n) is 5.16. The van der Waals surface area contributed by atoms with Gasteiger partial charge in [-0.05, 0) is 35.2 Å². The highest BCUT2D eigenvalue weighted by Crippen LogP contribution is 2.27. The van der Waals surface area contributed by atoms with Gasteiger partial charge in [-0.1, -0.05) is 36.9 Å². The van der Waals surface area contributed by atoms with E-state index in [1.54, 1.807) is 6.08 Å². The number of fused-ring (bicyclic) bond motifs is 1. The number of carboxylic acid groups (broad SMARTS) is 1. The van der Waals surface area contributed by atoms with E-state index in [0.29, 0.717) is 12.0 Å². The highest BCUT2D eigenvalue weighted by Gasteiger charge is 2.33. The van der Waals surface area contributed by atoms with Crippen LogP contribution in [0.2, 0.25) is 0 Å². The van der Waals surface area contributed by atoms with Crippen LogP contribution in [0.1, 0.15) is 47.8 Å². The molecule has 1 aliphatic rings. The molecule has 1 aliphatic heterocycles. The van der Waals surface area contributed by atoms with E-state index in [9.17, 15) is 19.5 Å². The molecule has 3 rings (SSSR count).